The van der Waals surface area contributed by atoms with Crippen molar-refractivity contribution in [2.45, 2.75) is 11.8 Å². The number of rotatable bonds is 3. The highest BCUT2D eigenvalue weighted by Gasteiger charge is 2.18. The molecule has 0 aliphatic rings. The molecule has 4 nitrogen and oxygen atoms in total. The van der Waals surface area contributed by atoms with E-state index in [9.17, 15) is 8.42 Å². The van der Waals surface area contributed by atoms with Crippen LogP contribution in [0.3, 0.4) is 0 Å². The topological polar surface area (TPSA) is 72.2 Å². The predicted octanol–water partition coefficient (Wildman–Crippen LogP) is 3.79. The van der Waals surface area contributed by atoms with Crippen molar-refractivity contribution in [1.82, 2.24) is 0 Å². The Kier molecular flexibility index (Phi) is 4.27. The lowest BCUT2D eigenvalue weighted by molar-refractivity contribution is 0.601. The van der Waals surface area contributed by atoms with Crippen LogP contribution >= 0.6 is 27.5 Å². The van der Waals surface area contributed by atoms with Crippen LogP contribution in [0, 0.1) is 6.92 Å². The molecular formula is C13H12BrClN2O2S. The summed E-state index contributed by atoms with van der Waals surface area (Å²) in [4.78, 5) is -0.00521. The van der Waals surface area contributed by atoms with Gasteiger partial charge in [0.05, 0.1) is 11.4 Å². The summed E-state index contributed by atoms with van der Waals surface area (Å²) in [6, 6.07) is 9.58. The van der Waals surface area contributed by atoms with Crippen molar-refractivity contribution >= 4 is 48.9 Å². The first-order chi connectivity index (χ1) is 9.29. The first kappa shape index (κ1) is 15.2. The van der Waals surface area contributed by atoms with E-state index in [0.29, 0.717) is 15.2 Å². The average molecular weight is 376 g/mol. The lowest BCUT2D eigenvalue weighted by atomic mass is 10.2. The molecule has 0 aliphatic carbocycles. The molecule has 2 aromatic rings. The number of aryl methyl sites for hydroxylation is 1. The maximum Gasteiger partial charge on any atom is 0.263 e. The van der Waals surface area contributed by atoms with Gasteiger partial charge in [0, 0.05) is 9.50 Å². The van der Waals surface area contributed by atoms with E-state index in [-0.39, 0.29) is 10.6 Å². The summed E-state index contributed by atoms with van der Waals surface area (Å²) < 4.78 is 27.8. The smallest absolute Gasteiger partial charge is 0.263 e. The van der Waals surface area contributed by atoms with E-state index >= 15 is 0 Å². The second-order valence-electron chi connectivity index (χ2n) is 4.27. The van der Waals surface area contributed by atoms with Gasteiger partial charge in [-0.1, -0.05) is 17.7 Å². The molecule has 106 valence electrons. The van der Waals surface area contributed by atoms with Crippen LogP contribution in [-0.4, -0.2) is 8.42 Å². The molecule has 0 bridgehead atoms. The first-order valence-electron chi connectivity index (χ1n) is 5.63. The number of nitrogen functional groups attached to an aromatic ring is 1. The fraction of sp³-hybridized carbons (Fsp3) is 0.0769. The van der Waals surface area contributed by atoms with E-state index < -0.39 is 10.0 Å². The quantitative estimate of drug-likeness (QED) is 0.802. The number of sulfonamides is 1. The Morgan fingerprint density at radius 3 is 2.50 bits per heavy atom. The molecule has 0 heterocycles. The Balaban J connectivity index is 2.41. The van der Waals surface area contributed by atoms with Crippen LogP contribution in [0.2, 0.25) is 5.02 Å². The second-order valence-corrected chi connectivity index (χ2v) is 7.21. The summed E-state index contributed by atoms with van der Waals surface area (Å²) in [7, 11) is -3.76. The molecule has 0 aliphatic heterocycles. The van der Waals surface area contributed by atoms with E-state index in [0.717, 1.165) is 5.56 Å². The van der Waals surface area contributed by atoms with E-state index in [1.54, 1.807) is 6.07 Å². The number of halogens is 2. The molecule has 0 fully saturated rings. The summed E-state index contributed by atoms with van der Waals surface area (Å²) in [6.07, 6.45) is 0. The molecule has 0 spiro atoms. The lowest BCUT2D eigenvalue weighted by Crippen LogP contribution is -2.15. The van der Waals surface area contributed by atoms with Crippen LogP contribution in [0.25, 0.3) is 0 Å². The van der Waals surface area contributed by atoms with E-state index in [4.69, 9.17) is 17.3 Å². The maximum absolute atomic E-state index is 12.3. The largest absolute Gasteiger partial charge is 0.398 e. The van der Waals surface area contributed by atoms with Gasteiger partial charge in [-0.25, -0.2) is 8.42 Å². The lowest BCUT2D eigenvalue weighted by Gasteiger charge is -2.12. The molecule has 0 radical (unpaired) electrons. The summed E-state index contributed by atoms with van der Waals surface area (Å²) in [6.45, 7) is 1.92. The average Bonchev–Trinajstić information content (AvgIpc) is 2.32. The summed E-state index contributed by atoms with van der Waals surface area (Å²) in [5.41, 5.74) is 7.28. The van der Waals surface area contributed by atoms with Crippen molar-refractivity contribution in [1.29, 1.82) is 0 Å². The van der Waals surface area contributed by atoms with Gasteiger partial charge in [-0.3, -0.25) is 4.72 Å². The number of hydrogen-bond donors (Lipinski definition) is 2. The molecule has 2 rings (SSSR count). The standard InChI is InChI=1S/C13H12BrClN2O2S/c1-8-2-4-12(10(14)6-8)17-20(18,19)13-5-3-9(15)7-11(13)16/h2-7,17H,16H2,1H3. The molecule has 7 heteroatoms. The van der Waals surface area contributed by atoms with Crippen LogP contribution in [0.5, 0.6) is 0 Å². The van der Waals surface area contributed by atoms with E-state index in [1.807, 2.05) is 19.1 Å². The van der Waals surface area contributed by atoms with Crippen LogP contribution in [0.15, 0.2) is 45.8 Å². The summed E-state index contributed by atoms with van der Waals surface area (Å²) in [5, 5.41) is 0.387. The molecule has 0 atom stereocenters. The Bertz CT molecular complexity index is 763. The second kappa shape index (κ2) is 5.63. The van der Waals surface area contributed by atoms with Gasteiger partial charge >= 0.3 is 0 Å². The molecule has 2 aromatic carbocycles. The van der Waals surface area contributed by atoms with E-state index in [1.165, 1.54) is 18.2 Å². The molecule has 0 unspecified atom stereocenters. The maximum atomic E-state index is 12.3. The van der Waals surface area contributed by atoms with Crippen molar-refractivity contribution < 1.29 is 8.42 Å². The zero-order valence-corrected chi connectivity index (χ0v) is 13.7. The fourth-order valence-electron chi connectivity index (χ4n) is 1.67. The van der Waals surface area contributed by atoms with Gasteiger partial charge in [-0.05, 0) is 58.7 Å². The van der Waals surface area contributed by atoms with Crippen molar-refractivity contribution in [2.24, 2.45) is 0 Å². The number of nitrogens with one attached hydrogen (secondary N) is 1. The van der Waals surface area contributed by atoms with Gasteiger partial charge in [-0.2, -0.15) is 0 Å². The third kappa shape index (κ3) is 3.26. The molecule has 0 saturated carbocycles. The zero-order chi connectivity index (χ0) is 14.9. The van der Waals surface area contributed by atoms with Crippen LogP contribution < -0.4 is 10.5 Å². The first-order valence-corrected chi connectivity index (χ1v) is 8.29. The number of nitrogens with two attached hydrogens (primary N) is 1. The van der Waals surface area contributed by atoms with Gasteiger partial charge in [0.2, 0.25) is 0 Å². The summed E-state index contributed by atoms with van der Waals surface area (Å²) in [5.74, 6) is 0. The van der Waals surface area contributed by atoms with Gasteiger partial charge in [-0.15, -0.1) is 0 Å². The van der Waals surface area contributed by atoms with Gasteiger partial charge in [0.1, 0.15) is 4.90 Å². The number of hydrogen-bond acceptors (Lipinski definition) is 3. The molecular weight excluding hydrogens is 364 g/mol. The molecule has 20 heavy (non-hydrogen) atoms. The number of anilines is 2. The van der Waals surface area contributed by atoms with Crippen molar-refractivity contribution in [3.63, 3.8) is 0 Å². The zero-order valence-electron chi connectivity index (χ0n) is 10.5. The Morgan fingerprint density at radius 1 is 1.20 bits per heavy atom. The normalized spacial score (nSPS) is 11.3. The van der Waals surface area contributed by atoms with Crippen LogP contribution in [0.4, 0.5) is 11.4 Å². The summed E-state index contributed by atoms with van der Waals surface area (Å²) >= 11 is 9.09. The minimum Gasteiger partial charge on any atom is -0.398 e. The Morgan fingerprint density at radius 2 is 1.90 bits per heavy atom. The fourth-order valence-corrected chi connectivity index (χ4v) is 3.76. The minimum absolute atomic E-state index is 0.00521. The molecule has 0 aromatic heterocycles. The Hall–Kier alpha value is -1.24. The monoisotopic (exact) mass is 374 g/mol. The number of benzene rings is 2. The third-order valence-corrected chi connectivity index (χ3v) is 4.96. The van der Waals surface area contributed by atoms with Crippen molar-refractivity contribution in [2.75, 3.05) is 10.5 Å². The highest BCUT2D eigenvalue weighted by atomic mass is 79.9. The van der Waals surface area contributed by atoms with Crippen molar-refractivity contribution in [3.8, 4) is 0 Å². The minimum atomic E-state index is -3.76. The van der Waals surface area contributed by atoms with Gasteiger partial charge in [0.15, 0.2) is 0 Å². The molecule has 3 N–H and O–H groups in total. The molecule has 0 amide bonds. The van der Waals surface area contributed by atoms with Gasteiger partial charge < -0.3 is 5.73 Å². The Labute approximate surface area is 131 Å². The predicted molar refractivity (Wildman–Crippen MR) is 85.6 cm³/mol. The third-order valence-electron chi connectivity index (χ3n) is 2.63. The van der Waals surface area contributed by atoms with Crippen molar-refractivity contribution in [3.05, 3.63) is 51.5 Å². The molecule has 0 saturated heterocycles. The highest BCUT2D eigenvalue weighted by molar-refractivity contribution is 9.10. The van der Waals surface area contributed by atoms with Crippen LogP contribution in [0.1, 0.15) is 5.56 Å². The van der Waals surface area contributed by atoms with Gasteiger partial charge in [0.25, 0.3) is 10.0 Å². The SMILES string of the molecule is Cc1ccc(NS(=O)(=O)c2ccc(Cl)cc2N)c(Br)c1. The van der Waals surface area contributed by atoms with Crippen LogP contribution in [-0.2, 0) is 10.0 Å². The van der Waals surface area contributed by atoms with E-state index in [2.05, 4.69) is 20.7 Å². The highest BCUT2D eigenvalue weighted by Crippen LogP contribution is 2.28.